The Hall–Kier alpha value is -2.93. The number of methoxy groups -OCH3 is 2. The fourth-order valence-electron chi connectivity index (χ4n) is 3.70. The number of phenolic OH excluding ortho intramolecular Hbond substituents is 1. The van der Waals surface area contributed by atoms with Crippen LogP contribution in [0, 0.1) is 0 Å². The number of piperazine rings is 1. The predicted molar refractivity (Wildman–Crippen MR) is 114 cm³/mol. The predicted octanol–water partition coefficient (Wildman–Crippen LogP) is 3.08. The Morgan fingerprint density at radius 1 is 1.03 bits per heavy atom. The number of carbonyl (C=O) groups is 1. The van der Waals surface area contributed by atoms with E-state index in [9.17, 15) is 9.90 Å². The molecule has 0 aliphatic carbocycles. The third-order valence-corrected chi connectivity index (χ3v) is 5.54. The van der Waals surface area contributed by atoms with Gasteiger partial charge in [-0.25, -0.2) is 0 Å². The van der Waals surface area contributed by atoms with E-state index < -0.39 is 0 Å². The van der Waals surface area contributed by atoms with Crippen molar-refractivity contribution >= 4 is 5.91 Å². The molecule has 0 radical (unpaired) electrons. The molecule has 1 unspecified atom stereocenters. The Balaban J connectivity index is 1.49. The molecule has 2 aromatic carbocycles. The Morgan fingerprint density at radius 3 is 2.43 bits per heavy atom. The van der Waals surface area contributed by atoms with Gasteiger partial charge in [-0.3, -0.25) is 9.69 Å². The molecule has 2 aromatic rings. The van der Waals surface area contributed by atoms with Crippen LogP contribution in [0.5, 0.6) is 23.0 Å². The normalized spacial score (nSPS) is 15.5. The zero-order valence-corrected chi connectivity index (χ0v) is 17.8. The average molecular weight is 415 g/mol. The first-order chi connectivity index (χ1) is 14.5. The topological polar surface area (TPSA) is 71.5 Å². The Labute approximate surface area is 177 Å². The second kappa shape index (κ2) is 10.2. The third kappa shape index (κ3) is 5.16. The van der Waals surface area contributed by atoms with E-state index in [1.165, 1.54) is 0 Å². The Bertz CT molecular complexity index is 849. The van der Waals surface area contributed by atoms with Crippen LogP contribution in [0.3, 0.4) is 0 Å². The van der Waals surface area contributed by atoms with Crippen LogP contribution in [0.15, 0.2) is 42.5 Å². The lowest BCUT2D eigenvalue weighted by Crippen LogP contribution is -2.49. The number of hydrogen-bond acceptors (Lipinski definition) is 6. The Kier molecular flexibility index (Phi) is 7.41. The number of phenols is 1. The molecule has 1 amide bonds. The molecular weight excluding hydrogens is 384 g/mol. The molecule has 1 fully saturated rings. The SMILES string of the molecule is COc1ccc(C(C)N2CCN(C(=O)CCOc3ccccc3O)CC2)c(OC)c1. The van der Waals surface area contributed by atoms with Crippen LogP contribution in [-0.2, 0) is 4.79 Å². The summed E-state index contributed by atoms with van der Waals surface area (Å²) in [5.41, 5.74) is 1.11. The molecule has 1 aliphatic rings. The summed E-state index contributed by atoms with van der Waals surface area (Å²) in [4.78, 5) is 16.8. The van der Waals surface area contributed by atoms with Gasteiger partial charge in [0.05, 0.1) is 27.2 Å². The van der Waals surface area contributed by atoms with E-state index in [2.05, 4.69) is 11.8 Å². The van der Waals surface area contributed by atoms with Gasteiger partial charge in [0.1, 0.15) is 11.5 Å². The summed E-state index contributed by atoms with van der Waals surface area (Å²) in [5.74, 6) is 2.13. The molecule has 162 valence electrons. The highest BCUT2D eigenvalue weighted by molar-refractivity contribution is 5.76. The van der Waals surface area contributed by atoms with Gasteiger partial charge >= 0.3 is 0 Å². The van der Waals surface area contributed by atoms with Crippen LogP contribution >= 0.6 is 0 Å². The first-order valence-electron chi connectivity index (χ1n) is 10.2. The maximum Gasteiger partial charge on any atom is 0.226 e. The van der Waals surface area contributed by atoms with Crippen molar-refractivity contribution in [2.24, 2.45) is 0 Å². The van der Waals surface area contributed by atoms with Crippen LogP contribution in [0.2, 0.25) is 0 Å². The number of rotatable bonds is 8. The van der Waals surface area contributed by atoms with Gasteiger partial charge in [0.15, 0.2) is 11.5 Å². The number of hydrogen-bond donors (Lipinski definition) is 1. The van der Waals surface area contributed by atoms with Gasteiger partial charge in [-0.15, -0.1) is 0 Å². The lowest BCUT2D eigenvalue weighted by Gasteiger charge is -2.38. The van der Waals surface area contributed by atoms with Gasteiger partial charge < -0.3 is 24.2 Å². The smallest absolute Gasteiger partial charge is 0.226 e. The zero-order valence-electron chi connectivity index (χ0n) is 17.8. The van der Waals surface area contributed by atoms with Crippen molar-refractivity contribution in [1.82, 2.24) is 9.80 Å². The van der Waals surface area contributed by atoms with Crippen molar-refractivity contribution in [3.8, 4) is 23.0 Å². The Morgan fingerprint density at radius 2 is 1.77 bits per heavy atom. The molecule has 0 aromatic heterocycles. The molecule has 1 heterocycles. The van der Waals surface area contributed by atoms with Crippen LogP contribution in [0.4, 0.5) is 0 Å². The number of benzene rings is 2. The van der Waals surface area contributed by atoms with Crippen molar-refractivity contribution in [1.29, 1.82) is 0 Å². The number of aromatic hydroxyl groups is 1. The minimum absolute atomic E-state index is 0.0692. The van der Waals surface area contributed by atoms with Gasteiger partial charge in [-0.05, 0) is 25.1 Å². The van der Waals surface area contributed by atoms with E-state index in [0.29, 0.717) is 18.8 Å². The molecule has 1 aliphatic heterocycles. The van der Waals surface area contributed by atoms with Crippen LogP contribution in [0.1, 0.15) is 24.9 Å². The third-order valence-electron chi connectivity index (χ3n) is 5.54. The number of para-hydroxylation sites is 2. The van der Waals surface area contributed by atoms with Gasteiger partial charge in [0.2, 0.25) is 5.91 Å². The summed E-state index contributed by atoms with van der Waals surface area (Å²) >= 11 is 0. The van der Waals surface area contributed by atoms with E-state index in [-0.39, 0.29) is 30.7 Å². The van der Waals surface area contributed by atoms with Crippen molar-refractivity contribution in [3.05, 3.63) is 48.0 Å². The van der Waals surface area contributed by atoms with Gasteiger partial charge in [0, 0.05) is 43.9 Å². The van der Waals surface area contributed by atoms with Crippen molar-refractivity contribution < 1.29 is 24.1 Å². The second-order valence-electron chi connectivity index (χ2n) is 7.27. The molecule has 1 saturated heterocycles. The van der Waals surface area contributed by atoms with Crippen molar-refractivity contribution in [2.75, 3.05) is 47.0 Å². The summed E-state index contributed by atoms with van der Waals surface area (Å²) in [6.45, 7) is 5.35. The quantitative estimate of drug-likeness (QED) is 0.716. The molecule has 0 bridgehead atoms. The maximum absolute atomic E-state index is 12.5. The summed E-state index contributed by atoms with van der Waals surface area (Å²) in [6.07, 6.45) is 0.288. The zero-order chi connectivity index (χ0) is 21.5. The molecule has 3 rings (SSSR count). The van der Waals surface area contributed by atoms with Gasteiger partial charge in [-0.1, -0.05) is 18.2 Å². The van der Waals surface area contributed by atoms with Gasteiger partial charge in [0.25, 0.3) is 0 Å². The van der Waals surface area contributed by atoms with Crippen LogP contribution in [-0.4, -0.2) is 67.8 Å². The van der Waals surface area contributed by atoms with Crippen LogP contribution in [0.25, 0.3) is 0 Å². The van der Waals surface area contributed by atoms with E-state index >= 15 is 0 Å². The maximum atomic E-state index is 12.5. The number of nitrogens with zero attached hydrogens (tertiary/aromatic N) is 2. The summed E-state index contributed by atoms with van der Waals surface area (Å²) in [7, 11) is 3.31. The van der Waals surface area contributed by atoms with Crippen molar-refractivity contribution in [2.45, 2.75) is 19.4 Å². The van der Waals surface area contributed by atoms with E-state index in [1.54, 1.807) is 38.5 Å². The molecule has 0 spiro atoms. The molecule has 7 heteroatoms. The summed E-state index contributed by atoms with van der Waals surface area (Å²) < 4.78 is 16.4. The van der Waals surface area contributed by atoms with E-state index in [4.69, 9.17) is 14.2 Å². The highest BCUT2D eigenvalue weighted by Crippen LogP contribution is 2.33. The number of ether oxygens (including phenoxy) is 3. The largest absolute Gasteiger partial charge is 0.504 e. The fraction of sp³-hybridized carbons (Fsp3) is 0.435. The lowest BCUT2D eigenvalue weighted by atomic mass is 10.0. The molecule has 7 nitrogen and oxygen atoms in total. The molecule has 30 heavy (non-hydrogen) atoms. The highest BCUT2D eigenvalue weighted by atomic mass is 16.5. The minimum Gasteiger partial charge on any atom is -0.504 e. The fourth-order valence-corrected chi connectivity index (χ4v) is 3.70. The minimum atomic E-state index is 0.0692. The second-order valence-corrected chi connectivity index (χ2v) is 7.27. The van der Waals surface area contributed by atoms with Crippen molar-refractivity contribution in [3.63, 3.8) is 0 Å². The molecule has 1 atom stereocenters. The average Bonchev–Trinajstić information content (AvgIpc) is 2.79. The molecular formula is C23H30N2O5. The van der Waals surface area contributed by atoms with Gasteiger partial charge in [-0.2, -0.15) is 0 Å². The van der Waals surface area contributed by atoms with E-state index in [1.807, 2.05) is 23.1 Å². The number of carbonyl (C=O) groups excluding carboxylic acids is 1. The summed E-state index contributed by atoms with van der Waals surface area (Å²) in [6, 6.07) is 12.8. The standard InChI is InChI=1S/C23H30N2O5/c1-17(19-9-8-18(28-2)16-22(19)29-3)24-11-13-25(14-12-24)23(27)10-15-30-21-7-5-4-6-20(21)26/h4-9,16-17,26H,10-15H2,1-3H3. The molecule has 0 saturated carbocycles. The highest BCUT2D eigenvalue weighted by Gasteiger charge is 2.26. The first-order valence-corrected chi connectivity index (χ1v) is 10.2. The van der Waals surface area contributed by atoms with E-state index in [0.717, 1.165) is 30.2 Å². The van der Waals surface area contributed by atoms with Crippen LogP contribution < -0.4 is 14.2 Å². The number of amides is 1. The molecule has 1 N–H and O–H groups in total. The first kappa shape index (κ1) is 21.8. The monoisotopic (exact) mass is 414 g/mol. The lowest BCUT2D eigenvalue weighted by molar-refractivity contribution is -0.133. The summed E-state index contributed by atoms with van der Waals surface area (Å²) in [5, 5.41) is 9.72.